The molecule has 3 nitrogen and oxygen atoms in total. The van der Waals surface area contributed by atoms with Crippen molar-refractivity contribution >= 4 is 0 Å². The minimum absolute atomic E-state index is 0.401. The van der Waals surface area contributed by atoms with E-state index in [4.69, 9.17) is 4.74 Å². The molecule has 102 valence electrons. The lowest BCUT2D eigenvalue weighted by atomic mass is 9.96. The normalized spacial score (nSPS) is 19.4. The third-order valence-corrected chi connectivity index (χ3v) is 3.81. The quantitative estimate of drug-likeness (QED) is 0.660. The molecular formula is C14H30N2O. The average Bonchev–Trinajstić information content (AvgIpc) is 2.72. The summed E-state index contributed by atoms with van der Waals surface area (Å²) in [5, 5.41) is 3.56. The van der Waals surface area contributed by atoms with Crippen LogP contribution >= 0.6 is 0 Å². The topological polar surface area (TPSA) is 24.5 Å². The number of ether oxygens (including phenoxy) is 1. The van der Waals surface area contributed by atoms with Crippen molar-refractivity contribution in [2.45, 2.75) is 45.1 Å². The minimum atomic E-state index is 0.401. The lowest BCUT2D eigenvalue weighted by Crippen LogP contribution is -2.50. The Kier molecular flexibility index (Phi) is 6.45. The highest BCUT2D eigenvalue weighted by Gasteiger charge is 2.35. The number of hydrogen-bond donors (Lipinski definition) is 1. The van der Waals surface area contributed by atoms with Crippen LogP contribution in [0.2, 0.25) is 0 Å². The predicted octanol–water partition coefficient (Wildman–Crippen LogP) is 2.12. The van der Waals surface area contributed by atoms with E-state index in [1.807, 2.05) is 0 Å². The summed E-state index contributed by atoms with van der Waals surface area (Å²) in [6.07, 6.45) is 5.42. The highest BCUT2D eigenvalue weighted by atomic mass is 16.5. The lowest BCUT2D eigenvalue weighted by molar-refractivity contribution is 0.104. The van der Waals surface area contributed by atoms with E-state index in [1.54, 1.807) is 0 Å². The van der Waals surface area contributed by atoms with Crippen molar-refractivity contribution in [3.05, 3.63) is 0 Å². The van der Waals surface area contributed by atoms with Crippen LogP contribution in [0.25, 0.3) is 0 Å². The third kappa shape index (κ3) is 4.94. The maximum Gasteiger partial charge on any atom is 0.0591 e. The maximum atomic E-state index is 5.58. The summed E-state index contributed by atoms with van der Waals surface area (Å²) >= 11 is 0. The highest BCUT2D eigenvalue weighted by molar-refractivity contribution is 4.94. The van der Waals surface area contributed by atoms with Crippen molar-refractivity contribution in [2.24, 2.45) is 5.92 Å². The fraction of sp³-hybridized carbons (Fsp3) is 1.00. The first-order chi connectivity index (χ1) is 8.07. The van der Waals surface area contributed by atoms with Gasteiger partial charge in [0.1, 0.15) is 0 Å². The van der Waals surface area contributed by atoms with Gasteiger partial charge in [-0.05, 0) is 32.9 Å². The van der Waals surface area contributed by atoms with Gasteiger partial charge in [0, 0.05) is 25.2 Å². The largest absolute Gasteiger partial charge is 0.380 e. The zero-order valence-corrected chi connectivity index (χ0v) is 12.1. The van der Waals surface area contributed by atoms with E-state index >= 15 is 0 Å². The molecule has 0 unspecified atom stereocenters. The second kappa shape index (κ2) is 7.34. The fourth-order valence-corrected chi connectivity index (χ4v) is 2.60. The van der Waals surface area contributed by atoms with E-state index in [1.165, 1.54) is 25.7 Å². The van der Waals surface area contributed by atoms with E-state index in [-0.39, 0.29) is 0 Å². The molecule has 0 amide bonds. The van der Waals surface area contributed by atoms with Crippen LogP contribution in [0.5, 0.6) is 0 Å². The van der Waals surface area contributed by atoms with E-state index in [0.29, 0.717) is 11.5 Å². The molecule has 0 aromatic rings. The molecule has 0 aliphatic heterocycles. The molecule has 1 saturated carbocycles. The fourth-order valence-electron chi connectivity index (χ4n) is 2.60. The van der Waals surface area contributed by atoms with Crippen LogP contribution in [0.3, 0.4) is 0 Å². The Morgan fingerprint density at radius 3 is 2.41 bits per heavy atom. The number of rotatable bonds is 8. The van der Waals surface area contributed by atoms with Crippen LogP contribution in [0, 0.1) is 5.92 Å². The molecule has 0 radical (unpaired) electrons. The summed E-state index contributed by atoms with van der Waals surface area (Å²) in [6, 6.07) is 0. The summed E-state index contributed by atoms with van der Waals surface area (Å²) < 4.78 is 5.58. The third-order valence-electron chi connectivity index (χ3n) is 3.81. The number of hydrogen-bond acceptors (Lipinski definition) is 3. The molecule has 0 saturated heterocycles. The van der Waals surface area contributed by atoms with Gasteiger partial charge >= 0.3 is 0 Å². The Balaban J connectivity index is 2.12. The molecule has 3 heteroatoms. The van der Waals surface area contributed by atoms with Crippen molar-refractivity contribution in [2.75, 3.05) is 40.4 Å². The van der Waals surface area contributed by atoms with Crippen LogP contribution < -0.4 is 5.32 Å². The second-order valence-electron chi connectivity index (χ2n) is 5.97. The SMILES string of the molecule is CC(C)COCCNCC1(N(C)C)CCCC1. The number of nitrogens with zero attached hydrogens (tertiary/aromatic N) is 1. The smallest absolute Gasteiger partial charge is 0.0591 e. The maximum absolute atomic E-state index is 5.58. The molecule has 0 bridgehead atoms. The van der Waals surface area contributed by atoms with Crippen molar-refractivity contribution in [3.8, 4) is 0 Å². The Bertz CT molecular complexity index is 198. The van der Waals surface area contributed by atoms with Gasteiger partial charge in [-0.15, -0.1) is 0 Å². The minimum Gasteiger partial charge on any atom is -0.380 e. The number of likely N-dealkylation sites (N-methyl/N-ethyl adjacent to an activating group) is 1. The van der Waals surface area contributed by atoms with Gasteiger partial charge in [-0.2, -0.15) is 0 Å². The monoisotopic (exact) mass is 242 g/mol. The van der Waals surface area contributed by atoms with Crippen molar-refractivity contribution in [3.63, 3.8) is 0 Å². The van der Waals surface area contributed by atoms with Crippen LogP contribution in [-0.2, 0) is 4.74 Å². The Labute approximate surface area is 107 Å². The Hall–Kier alpha value is -0.120. The zero-order chi connectivity index (χ0) is 12.7. The van der Waals surface area contributed by atoms with Crippen LogP contribution in [0.1, 0.15) is 39.5 Å². The van der Waals surface area contributed by atoms with Gasteiger partial charge in [-0.25, -0.2) is 0 Å². The highest BCUT2D eigenvalue weighted by Crippen LogP contribution is 2.32. The molecule has 1 rings (SSSR count). The van der Waals surface area contributed by atoms with Gasteiger partial charge in [0.05, 0.1) is 6.61 Å². The Morgan fingerprint density at radius 1 is 1.24 bits per heavy atom. The molecule has 0 atom stereocenters. The molecule has 0 aromatic heterocycles. The van der Waals surface area contributed by atoms with Gasteiger partial charge in [0.25, 0.3) is 0 Å². The summed E-state index contributed by atoms with van der Waals surface area (Å²) in [5.41, 5.74) is 0.401. The van der Waals surface area contributed by atoms with Gasteiger partial charge in [-0.1, -0.05) is 26.7 Å². The van der Waals surface area contributed by atoms with Crippen LogP contribution in [0.4, 0.5) is 0 Å². The molecule has 1 fully saturated rings. The molecule has 1 aliphatic carbocycles. The van der Waals surface area contributed by atoms with E-state index in [0.717, 1.165) is 26.3 Å². The molecule has 0 spiro atoms. The predicted molar refractivity (Wildman–Crippen MR) is 73.4 cm³/mol. The average molecular weight is 242 g/mol. The van der Waals surface area contributed by atoms with Gasteiger partial charge in [-0.3, -0.25) is 0 Å². The molecule has 17 heavy (non-hydrogen) atoms. The first kappa shape index (κ1) is 14.9. The molecule has 0 aromatic carbocycles. The molecule has 1 aliphatic rings. The first-order valence-electron chi connectivity index (χ1n) is 7.03. The van der Waals surface area contributed by atoms with Gasteiger partial charge in [0.2, 0.25) is 0 Å². The summed E-state index contributed by atoms with van der Waals surface area (Å²) in [4.78, 5) is 2.40. The van der Waals surface area contributed by atoms with E-state index < -0.39 is 0 Å². The lowest BCUT2D eigenvalue weighted by Gasteiger charge is -2.36. The summed E-state index contributed by atoms with van der Waals surface area (Å²) in [7, 11) is 4.42. The summed E-state index contributed by atoms with van der Waals surface area (Å²) in [5.74, 6) is 0.637. The van der Waals surface area contributed by atoms with E-state index in [2.05, 4.69) is 38.2 Å². The van der Waals surface area contributed by atoms with Crippen molar-refractivity contribution < 1.29 is 4.74 Å². The molecular weight excluding hydrogens is 212 g/mol. The molecule has 0 heterocycles. The number of nitrogens with one attached hydrogen (secondary N) is 1. The molecule has 1 N–H and O–H groups in total. The standard InChI is InChI=1S/C14H30N2O/c1-13(2)11-17-10-9-15-12-14(16(3)4)7-5-6-8-14/h13,15H,5-12H2,1-4H3. The van der Waals surface area contributed by atoms with Gasteiger partial charge < -0.3 is 15.0 Å². The zero-order valence-electron chi connectivity index (χ0n) is 12.1. The Morgan fingerprint density at radius 2 is 1.88 bits per heavy atom. The van der Waals surface area contributed by atoms with Crippen LogP contribution in [0.15, 0.2) is 0 Å². The first-order valence-corrected chi connectivity index (χ1v) is 7.03. The summed E-state index contributed by atoms with van der Waals surface area (Å²) in [6.45, 7) is 8.16. The van der Waals surface area contributed by atoms with E-state index in [9.17, 15) is 0 Å². The van der Waals surface area contributed by atoms with Crippen LogP contribution in [-0.4, -0.2) is 50.8 Å². The van der Waals surface area contributed by atoms with Crippen molar-refractivity contribution in [1.82, 2.24) is 10.2 Å². The van der Waals surface area contributed by atoms with Crippen molar-refractivity contribution in [1.29, 1.82) is 0 Å². The second-order valence-corrected chi connectivity index (χ2v) is 5.97. The van der Waals surface area contributed by atoms with Gasteiger partial charge in [0.15, 0.2) is 0 Å².